The number of methoxy groups -OCH3 is 1. The first-order valence-corrected chi connectivity index (χ1v) is 7.59. The summed E-state index contributed by atoms with van der Waals surface area (Å²) in [6.45, 7) is 4.42. The van der Waals surface area contributed by atoms with E-state index in [1.165, 1.54) is 5.69 Å². The lowest BCUT2D eigenvalue weighted by molar-refractivity contribution is 0.414. The summed E-state index contributed by atoms with van der Waals surface area (Å²) in [5, 5.41) is 0. The Morgan fingerprint density at radius 2 is 1.86 bits per heavy atom. The summed E-state index contributed by atoms with van der Waals surface area (Å²) in [6.07, 6.45) is 1.84. The van der Waals surface area contributed by atoms with Gasteiger partial charge < -0.3 is 20.3 Å². The van der Waals surface area contributed by atoms with Crippen LogP contribution in [0.1, 0.15) is 5.56 Å². The predicted octanol–water partition coefficient (Wildman–Crippen LogP) is 1.88. The first-order valence-electron chi connectivity index (χ1n) is 7.59. The van der Waals surface area contributed by atoms with E-state index in [2.05, 4.69) is 33.0 Å². The zero-order valence-corrected chi connectivity index (χ0v) is 12.9. The molecule has 5 nitrogen and oxygen atoms in total. The summed E-state index contributed by atoms with van der Waals surface area (Å²) >= 11 is 0. The van der Waals surface area contributed by atoms with Gasteiger partial charge in [-0.1, -0.05) is 6.07 Å². The molecule has 0 amide bonds. The van der Waals surface area contributed by atoms with Crippen LogP contribution in [0.5, 0.6) is 5.75 Å². The van der Waals surface area contributed by atoms with Crippen LogP contribution in [0.2, 0.25) is 0 Å². The number of nitrogens with two attached hydrogens (primary N) is 1. The Hall–Kier alpha value is -2.27. The average molecular weight is 298 g/mol. The van der Waals surface area contributed by atoms with E-state index in [1.807, 2.05) is 24.4 Å². The third-order valence-corrected chi connectivity index (χ3v) is 4.07. The quantitative estimate of drug-likeness (QED) is 0.934. The van der Waals surface area contributed by atoms with Crippen molar-refractivity contribution >= 4 is 11.5 Å². The smallest absolute Gasteiger partial charge is 0.128 e. The van der Waals surface area contributed by atoms with Crippen LogP contribution in [-0.2, 0) is 6.54 Å². The number of hydrogen-bond acceptors (Lipinski definition) is 5. The fourth-order valence-corrected chi connectivity index (χ4v) is 2.76. The van der Waals surface area contributed by atoms with E-state index in [9.17, 15) is 0 Å². The first-order chi connectivity index (χ1) is 10.8. The molecule has 0 unspecified atom stereocenters. The molecular formula is C17H22N4O. The van der Waals surface area contributed by atoms with Gasteiger partial charge in [-0.25, -0.2) is 4.98 Å². The van der Waals surface area contributed by atoms with Crippen molar-refractivity contribution in [1.29, 1.82) is 0 Å². The molecule has 1 aromatic heterocycles. The first kappa shape index (κ1) is 14.7. The average Bonchev–Trinajstić information content (AvgIpc) is 2.62. The van der Waals surface area contributed by atoms with Crippen molar-refractivity contribution in [1.82, 2.24) is 4.98 Å². The van der Waals surface area contributed by atoms with Crippen LogP contribution >= 0.6 is 0 Å². The molecule has 2 N–H and O–H groups in total. The van der Waals surface area contributed by atoms with Crippen LogP contribution in [-0.4, -0.2) is 38.3 Å². The van der Waals surface area contributed by atoms with Crippen molar-refractivity contribution in [3.63, 3.8) is 0 Å². The second-order valence-electron chi connectivity index (χ2n) is 5.40. The molecule has 2 aromatic rings. The predicted molar refractivity (Wildman–Crippen MR) is 89.5 cm³/mol. The Morgan fingerprint density at radius 3 is 2.59 bits per heavy atom. The van der Waals surface area contributed by atoms with Crippen LogP contribution in [0.4, 0.5) is 11.5 Å². The molecule has 3 rings (SSSR count). The largest absolute Gasteiger partial charge is 0.497 e. The van der Waals surface area contributed by atoms with E-state index < -0.39 is 0 Å². The minimum Gasteiger partial charge on any atom is -0.497 e. The molecule has 0 aliphatic carbocycles. The van der Waals surface area contributed by atoms with Gasteiger partial charge in [-0.3, -0.25) is 0 Å². The normalized spacial score (nSPS) is 15.0. The maximum absolute atomic E-state index is 5.71. The van der Waals surface area contributed by atoms with E-state index in [0.717, 1.165) is 43.3 Å². The number of anilines is 2. The molecule has 5 heteroatoms. The van der Waals surface area contributed by atoms with E-state index in [-0.39, 0.29) is 0 Å². The molecule has 0 spiro atoms. The van der Waals surface area contributed by atoms with Crippen LogP contribution in [0, 0.1) is 0 Å². The highest BCUT2D eigenvalue weighted by molar-refractivity contribution is 5.53. The molecule has 22 heavy (non-hydrogen) atoms. The number of rotatable bonds is 4. The van der Waals surface area contributed by atoms with Crippen molar-refractivity contribution in [2.75, 3.05) is 43.1 Å². The van der Waals surface area contributed by atoms with Gasteiger partial charge in [-0.2, -0.15) is 0 Å². The number of ether oxygens (including phenoxy) is 1. The molecule has 1 saturated heterocycles. The zero-order chi connectivity index (χ0) is 15.4. The van der Waals surface area contributed by atoms with Crippen LogP contribution < -0.4 is 20.3 Å². The molecule has 1 aromatic carbocycles. The molecule has 1 aliphatic heterocycles. The molecular weight excluding hydrogens is 276 g/mol. The maximum Gasteiger partial charge on any atom is 0.128 e. The summed E-state index contributed by atoms with van der Waals surface area (Å²) in [5.74, 6) is 1.92. The number of benzene rings is 1. The van der Waals surface area contributed by atoms with Crippen LogP contribution in [0.25, 0.3) is 0 Å². The highest BCUT2D eigenvalue weighted by atomic mass is 16.5. The van der Waals surface area contributed by atoms with Gasteiger partial charge in [-0.15, -0.1) is 0 Å². The highest BCUT2D eigenvalue weighted by Gasteiger charge is 2.18. The van der Waals surface area contributed by atoms with Gasteiger partial charge in [-0.05, 0) is 29.8 Å². The molecule has 0 atom stereocenters. The number of pyridine rings is 1. The number of nitrogens with zero attached hydrogens (tertiary/aromatic N) is 3. The number of hydrogen-bond donors (Lipinski definition) is 1. The number of aromatic nitrogens is 1. The molecule has 1 fully saturated rings. The van der Waals surface area contributed by atoms with Crippen LogP contribution in [0.3, 0.4) is 0 Å². The van der Waals surface area contributed by atoms with Gasteiger partial charge in [0, 0.05) is 50.7 Å². The molecule has 0 radical (unpaired) electrons. The minimum atomic E-state index is 0.555. The molecule has 0 saturated carbocycles. The Bertz CT molecular complexity index is 568. The summed E-state index contributed by atoms with van der Waals surface area (Å²) in [5.41, 5.74) is 8.04. The molecule has 2 heterocycles. The van der Waals surface area contributed by atoms with E-state index >= 15 is 0 Å². The SMILES string of the molecule is COc1cccc(N2CCN(c3cc(CN)ccn3)CC2)c1. The van der Waals surface area contributed by atoms with Crippen molar-refractivity contribution < 1.29 is 4.74 Å². The van der Waals surface area contributed by atoms with Crippen LogP contribution in [0.15, 0.2) is 42.6 Å². The van der Waals surface area contributed by atoms with Crippen molar-refractivity contribution in [2.45, 2.75) is 6.54 Å². The second kappa shape index (κ2) is 6.66. The van der Waals surface area contributed by atoms with Crippen molar-refractivity contribution in [3.8, 4) is 5.75 Å². The summed E-state index contributed by atoms with van der Waals surface area (Å²) in [6, 6.07) is 12.3. The second-order valence-corrected chi connectivity index (χ2v) is 5.40. The monoisotopic (exact) mass is 298 g/mol. The molecule has 0 bridgehead atoms. The van der Waals surface area contributed by atoms with Crippen molar-refractivity contribution in [3.05, 3.63) is 48.2 Å². The standard InChI is InChI=1S/C17H22N4O/c1-22-16-4-2-3-15(12-16)20-7-9-21(10-8-20)17-11-14(13-18)5-6-19-17/h2-6,11-12H,7-10,13,18H2,1H3. The van der Waals surface area contributed by atoms with Gasteiger partial charge in [0.05, 0.1) is 7.11 Å². The lowest BCUT2D eigenvalue weighted by Crippen LogP contribution is -2.46. The van der Waals surface area contributed by atoms with E-state index in [1.54, 1.807) is 7.11 Å². The zero-order valence-electron chi connectivity index (χ0n) is 12.9. The highest BCUT2D eigenvalue weighted by Crippen LogP contribution is 2.23. The Morgan fingerprint density at radius 1 is 1.09 bits per heavy atom. The molecule has 116 valence electrons. The maximum atomic E-state index is 5.71. The third-order valence-electron chi connectivity index (χ3n) is 4.07. The van der Waals surface area contributed by atoms with Gasteiger partial charge in [0.15, 0.2) is 0 Å². The number of piperazine rings is 1. The van der Waals surface area contributed by atoms with E-state index in [4.69, 9.17) is 10.5 Å². The lowest BCUT2D eigenvalue weighted by Gasteiger charge is -2.37. The summed E-state index contributed by atoms with van der Waals surface area (Å²) in [4.78, 5) is 9.16. The minimum absolute atomic E-state index is 0.555. The summed E-state index contributed by atoms with van der Waals surface area (Å²) in [7, 11) is 1.70. The fourth-order valence-electron chi connectivity index (χ4n) is 2.76. The summed E-state index contributed by atoms with van der Waals surface area (Å²) < 4.78 is 5.30. The van der Waals surface area contributed by atoms with Gasteiger partial charge in [0.1, 0.15) is 11.6 Å². The van der Waals surface area contributed by atoms with Gasteiger partial charge in [0.2, 0.25) is 0 Å². The van der Waals surface area contributed by atoms with Gasteiger partial charge in [0.25, 0.3) is 0 Å². The van der Waals surface area contributed by atoms with Crippen molar-refractivity contribution in [2.24, 2.45) is 5.73 Å². The Balaban J connectivity index is 1.66. The van der Waals surface area contributed by atoms with Gasteiger partial charge >= 0.3 is 0 Å². The Labute approximate surface area is 131 Å². The van der Waals surface area contributed by atoms with E-state index in [0.29, 0.717) is 6.54 Å². The molecule has 1 aliphatic rings. The third kappa shape index (κ3) is 3.14. The Kier molecular flexibility index (Phi) is 4.44. The topological polar surface area (TPSA) is 54.6 Å². The fraction of sp³-hybridized carbons (Fsp3) is 0.353. The lowest BCUT2D eigenvalue weighted by atomic mass is 10.2.